The van der Waals surface area contributed by atoms with Gasteiger partial charge in [-0.2, -0.15) is 0 Å². The minimum absolute atomic E-state index is 0.0140. The molecule has 4 N–H and O–H groups in total. The zero-order valence-electron chi connectivity index (χ0n) is 25.5. The van der Waals surface area contributed by atoms with Crippen molar-refractivity contribution in [2.24, 2.45) is 22.7 Å². The second-order valence-electron chi connectivity index (χ2n) is 14.6. The maximum atomic E-state index is 10.4. The third kappa shape index (κ3) is 3.94. The van der Waals surface area contributed by atoms with Crippen LogP contribution in [0.1, 0.15) is 104 Å². The maximum Gasteiger partial charge on any atom is 0.123 e. The van der Waals surface area contributed by atoms with E-state index in [2.05, 4.69) is 52.0 Å². The summed E-state index contributed by atoms with van der Waals surface area (Å²) in [5.74, 6) is 2.73. The lowest BCUT2D eigenvalue weighted by atomic mass is 9.57. The fraction of sp³-hybridized carbons (Fsp3) is 0.526. The summed E-state index contributed by atoms with van der Waals surface area (Å²) in [7, 11) is 0. The first-order valence-electron chi connectivity index (χ1n) is 16.2. The number of aliphatic hydroxyl groups excluding tert-OH is 2. The zero-order valence-corrected chi connectivity index (χ0v) is 25.5. The van der Waals surface area contributed by atoms with Crippen LogP contribution in [0.3, 0.4) is 0 Å². The van der Waals surface area contributed by atoms with E-state index in [0.717, 1.165) is 67.7 Å². The van der Waals surface area contributed by atoms with Gasteiger partial charge in [0.1, 0.15) is 11.5 Å². The highest BCUT2D eigenvalue weighted by molar-refractivity contribution is 5.94. The average molecular weight is 567 g/mol. The molecule has 5 aliphatic rings. The predicted octanol–water partition coefficient (Wildman–Crippen LogP) is 8.04. The molecule has 0 aliphatic heterocycles. The fourth-order valence-corrected chi connectivity index (χ4v) is 10.0. The molecule has 0 aromatic heterocycles. The quantitative estimate of drug-likeness (QED) is 0.222. The van der Waals surface area contributed by atoms with Gasteiger partial charge in [0.2, 0.25) is 0 Å². The third-order valence-electron chi connectivity index (χ3n) is 12.7. The molecule has 3 aromatic carbocycles. The van der Waals surface area contributed by atoms with Crippen molar-refractivity contribution in [1.82, 2.24) is 0 Å². The Bertz CT molecular complexity index is 1590. The second-order valence-corrected chi connectivity index (χ2v) is 14.6. The van der Waals surface area contributed by atoms with Crippen molar-refractivity contribution < 1.29 is 20.4 Å². The van der Waals surface area contributed by atoms with Crippen LogP contribution >= 0.6 is 0 Å². The van der Waals surface area contributed by atoms with Crippen LogP contribution in [0.25, 0.3) is 16.8 Å². The number of aryl methyl sites for hydroxylation is 3. The molecular formula is C38H46O4. The van der Waals surface area contributed by atoms with Gasteiger partial charge < -0.3 is 20.4 Å². The summed E-state index contributed by atoms with van der Waals surface area (Å²) in [4.78, 5) is 0. The molecule has 222 valence electrons. The van der Waals surface area contributed by atoms with Crippen LogP contribution in [0.15, 0.2) is 42.5 Å². The molecule has 0 bridgehead atoms. The molecule has 0 radical (unpaired) electrons. The van der Waals surface area contributed by atoms with Gasteiger partial charge in [0.15, 0.2) is 0 Å². The highest BCUT2D eigenvalue weighted by Gasteiger charge is 2.54. The van der Waals surface area contributed by atoms with Crippen LogP contribution in [0.2, 0.25) is 0 Å². The van der Waals surface area contributed by atoms with Crippen molar-refractivity contribution in [2.75, 3.05) is 0 Å². The number of fused-ring (bicyclic) bond motifs is 10. The average Bonchev–Trinajstić information content (AvgIpc) is 3.46. The number of allylic oxidation sites excluding steroid dienone is 1. The van der Waals surface area contributed by atoms with Crippen LogP contribution in [0.5, 0.6) is 11.5 Å². The molecule has 0 saturated heterocycles. The van der Waals surface area contributed by atoms with Crippen molar-refractivity contribution in [2.45, 2.75) is 103 Å². The predicted molar refractivity (Wildman–Crippen MR) is 169 cm³/mol. The molecule has 3 fully saturated rings. The SMILES string of the molecule is Cc1ccc(O)c2c1C=C[C@@H]1[C@@H]2CC[C@]2(C)[C@H](O)CC[C@@H]12.Cc1ccc(O)c2c3c(ccc12)[C@@H]1CC[C@@H](O)[C@@]1(C)CC3. The molecule has 3 aromatic rings. The van der Waals surface area contributed by atoms with Gasteiger partial charge in [-0.25, -0.2) is 0 Å². The van der Waals surface area contributed by atoms with Gasteiger partial charge in [-0.1, -0.05) is 50.3 Å². The Morgan fingerprint density at radius 2 is 1.45 bits per heavy atom. The summed E-state index contributed by atoms with van der Waals surface area (Å²) in [6.45, 7) is 8.72. The topological polar surface area (TPSA) is 80.9 Å². The monoisotopic (exact) mass is 566 g/mol. The summed E-state index contributed by atoms with van der Waals surface area (Å²) in [6.07, 6.45) is 12.4. The molecule has 4 heteroatoms. The lowest BCUT2D eigenvalue weighted by Crippen LogP contribution is -2.42. The number of rotatable bonds is 0. The Hall–Kier alpha value is -2.82. The molecule has 0 unspecified atom stereocenters. The number of aliphatic hydroxyl groups is 2. The molecule has 3 saturated carbocycles. The van der Waals surface area contributed by atoms with E-state index >= 15 is 0 Å². The Morgan fingerprint density at radius 3 is 2.26 bits per heavy atom. The Kier molecular flexibility index (Phi) is 6.57. The normalized spacial score (nSPS) is 35.9. The summed E-state index contributed by atoms with van der Waals surface area (Å²) in [5, 5.41) is 43.7. The number of hydrogen-bond acceptors (Lipinski definition) is 4. The maximum absolute atomic E-state index is 10.4. The minimum Gasteiger partial charge on any atom is -0.508 e. The number of phenols is 2. The summed E-state index contributed by atoms with van der Waals surface area (Å²) >= 11 is 0. The van der Waals surface area contributed by atoms with Crippen LogP contribution in [-0.4, -0.2) is 32.6 Å². The summed E-state index contributed by atoms with van der Waals surface area (Å²) in [5.41, 5.74) is 7.59. The van der Waals surface area contributed by atoms with E-state index in [1.165, 1.54) is 27.8 Å². The molecule has 0 amide bonds. The zero-order chi connectivity index (χ0) is 29.6. The molecular weight excluding hydrogens is 520 g/mol. The van der Waals surface area contributed by atoms with Gasteiger partial charge >= 0.3 is 0 Å². The van der Waals surface area contributed by atoms with Gasteiger partial charge in [-0.05, 0) is 140 Å². The van der Waals surface area contributed by atoms with Crippen LogP contribution in [-0.2, 0) is 6.42 Å². The Labute approximate surface area is 250 Å². The third-order valence-corrected chi connectivity index (χ3v) is 12.7. The first-order valence-corrected chi connectivity index (χ1v) is 16.2. The van der Waals surface area contributed by atoms with Crippen molar-refractivity contribution in [3.63, 3.8) is 0 Å². The van der Waals surface area contributed by atoms with E-state index < -0.39 is 0 Å². The molecule has 0 heterocycles. The molecule has 5 aliphatic carbocycles. The fourth-order valence-electron chi connectivity index (χ4n) is 10.0. The summed E-state index contributed by atoms with van der Waals surface area (Å²) in [6, 6.07) is 12.0. The van der Waals surface area contributed by atoms with E-state index in [1.807, 2.05) is 24.3 Å². The lowest BCUT2D eigenvalue weighted by molar-refractivity contribution is -0.00820. The van der Waals surface area contributed by atoms with E-state index in [1.54, 1.807) is 0 Å². The molecule has 42 heavy (non-hydrogen) atoms. The molecule has 8 rings (SSSR count). The Morgan fingerprint density at radius 1 is 0.738 bits per heavy atom. The van der Waals surface area contributed by atoms with E-state index in [-0.39, 0.29) is 23.0 Å². The standard InChI is InChI=1S/C19H24O2.C19H22O2/c2*1-11-3-7-16(20)18-12(11)4-5-13-14(18)9-10-19(2)15(13)6-8-17(19)21/h3-5,7,13-15,17,20-21H,6,8-10H2,1-2H3;3-5,7,15,17,20-21H,6,8-10H2,1-2H3/t13-,14+,15+,17-,19+;15-,17+,19-/m10/s1. The van der Waals surface area contributed by atoms with E-state index in [0.29, 0.717) is 35.2 Å². The Balaban J connectivity index is 0.000000137. The summed E-state index contributed by atoms with van der Waals surface area (Å²) < 4.78 is 0. The van der Waals surface area contributed by atoms with Crippen molar-refractivity contribution in [3.05, 3.63) is 75.9 Å². The first kappa shape index (κ1) is 28.0. The molecule has 4 nitrogen and oxygen atoms in total. The minimum atomic E-state index is -0.183. The van der Waals surface area contributed by atoms with Gasteiger partial charge in [0.25, 0.3) is 0 Å². The molecule has 0 spiro atoms. The number of phenolic OH excluding ortho intramolecular Hbond substituents is 2. The van der Waals surface area contributed by atoms with E-state index in [4.69, 9.17) is 0 Å². The van der Waals surface area contributed by atoms with Crippen molar-refractivity contribution in [1.29, 1.82) is 0 Å². The van der Waals surface area contributed by atoms with Crippen LogP contribution in [0, 0.1) is 36.5 Å². The van der Waals surface area contributed by atoms with Gasteiger partial charge in [-0.15, -0.1) is 0 Å². The largest absolute Gasteiger partial charge is 0.508 e. The number of aromatic hydroxyl groups is 2. The van der Waals surface area contributed by atoms with E-state index in [9.17, 15) is 20.4 Å². The van der Waals surface area contributed by atoms with Crippen molar-refractivity contribution in [3.8, 4) is 11.5 Å². The van der Waals surface area contributed by atoms with Crippen LogP contribution in [0.4, 0.5) is 0 Å². The number of benzene rings is 3. The van der Waals surface area contributed by atoms with Gasteiger partial charge in [-0.3, -0.25) is 0 Å². The highest BCUT2D eigenvalue weighted by Crippen LogP contribution is 2.61. The smallest absolute Gasteiger partial charge is 0.123 e. The molecule has 8 atom stereocenters. The highest BCUT2D eigenvalue weighted by atomic mass is 16.3. The van der Waals surface area contributed by atoms with Crippen LogP contribution < -0.4 is 0 Å². The number of hydrogen-bond donors (Lipinski definition) is 4. The van der Waals surface area contributed by atoms with Gasteiger partial charge in [0, 0.05) is 16.4 Å². The first-order chi connectivity index (χ1) is 20.0. The lowest BCUT2D eigenvalue weighted by Gasteiger charge is -2.48. The second kappa shape index (κ2) is 9.86. The van der Waals surface area contributed by atoms with Crippen molar-refractivity contribution >= 4 is 16.8 Å². The van der Waals surface area contributed by atoms with Gasteiger partial charge in [0.05, 0.1) is 12.2 Å².